The molecule has 1 fully saturated rings. The van der Waals surface area contributed by atoms with Gasteiger partial charge in [-0.15, -0.1) is 0 Å². The topological polar surface area (TPSA) is 102 Å². The Kier molecular flexibility index (Phi) is 4.24. The molecule has 3 heterocycles. The Labute approximate surface area is 129 Å². The van der Waals surface area contributed by atoms with E-state index < -0.39 is 0 Å². The van der Waals surface area contributed by atoms with Gasteiger partial charge in [0.1, 0.15) is 5.82 Å². The van der Waals surface area contributed by atoms with E-state index in [2.05, 4.69) is 25.5 Å². The Balaban J connectivity index is 1.65. The molecule has 2 aromatic rings. The molecule has 22 heavy (non-hydrogen) atoms. The summed E-state index contributed by atoms with van der Waals surface area (Å²) in [7, 11) is 0. The highest BCUT2D eigenvalue weighted by Gasteiger charge is 2.20. The molecular formula is C15H22N6O. The average Bonchev–Trinajstić information content (AvgIpc) is 3.12. The lowest BCUT2D eigenvalue weighted by molar-refractivity contribution is 0.193. The van der Waals surface area contributed by atoms with Crippen LogP contribution in [0.4, 0.5) is 11.8 Å². The van der Waals surface area contributed by atoms with E-state index in [1.807, 2.05) is 19.9 Å². The number of nitrogens with two attached hydrogens (primary N) is 1. The number of H-pyrrole nitrogens is 1. The van der Waals surface area contributed by atoms with Crippen molar-refractivity contribution in [2.45, 2.75) is 32.6 Å². The molecule has 0 spiro atoms. The Morgan fingerprint density at radius 3 is 2.95 bits per heavy atom. The third-order valence-corrected chi connectivity index (χ3v) is 4.07. The Morgan fingerprint density at radius 2 is 2.27 bits per heavy atom. The van der Waals surface area contributed by atoms with Crippen molar-refractivity contribution in [3.05, 3.63) is 28.7 Å². The van der Waals surface area contributed by atoms with Crippen LogP contribution in [-0.2, 0) is 11.2 Å². The van der Waals surface area contributed by atoms with Gasteiger partial charge >= 0.3 is 0 Å². The molecule has 1 unspecified atom stereocenters. The van der Waals surface area contributed by atoms with Crippen LogP contribution in [-0.4, -0.2) is 39.9 Å². The first-order valence-electron chi connectivity index (χ1n) is 7.60. The maximum Gasteiger partial charge on any atom is 0.222 e. The van der Waals surface area contributed by atoms with Crippen molar-refractivity contribution in [1.29, 1.82) is 0 Å². The number of rotatable bonds is 5. The first-order chi connectivity index (χ1) is 10.6. The van der Waals surface area contributed by atoms with Crippen molar-refractivity contribution in [1.82, 2.24) is 20.2 Å². The Morgan fingerprint density at radius 1 is 1.41 bits per heavy atom. The number of nitrogens with one attached hydrogen (secondary N) is 2. The smallest absolute Gasteiger partial charge is 0.222 e. The van der Waals surface area contributed by atoms with Crippen LogP contribution >= 0.6 is 0 Å². The Bertz CT molecular complexity index is 628. The molecule has 0 aromatic carbocycles. The molecule has 0 amide bonds. The van der Waals surface area contributed by atoms with Crippen LogP contribution in [0.5, 0.6) is 0 Å². The van der Waals surface area contributed by atoms with E-state index in [0.29, 0.717) is 18.5 Å². The molecule has 0 saturated carbocycles. The molecule has 0 aliphatic carbocycles. The highest BCUT2D eigenvalue weighted by Crippen LogP contribution is 2.25. The largest absolute Gasteiger partial charge is 0.381 e. The second kappa shape index (κ2) is 6.31. The Hall–Kier alpha value is -2.15. The fourth-order valence-corrected chi connectivity index (χ4v) is 2.81. The first-order valence-corrected chi connectivity index (χ1v) is 7.60. The number of aromatic nitrogens is 4. The van der Waals surface area contributed by atoms with Crippen LogP contribution in [0.2, 0.25) is 0 Å². The van der Waals surface area contributed by atoms with Gasteiger partial charge in [-0.25, -0.2) is 4.98 Å². The molecule has 0 bridgehead atoms. The first kappa shape index (κ1) is 14.8. The van der Waals surface area contributed by atoms with E-state index in [-0.39, 0.29) is 0 Å². The molecule has 1 aliphatic heterocycles. The molecule has 3 rings (SSSR count). The minimum Gasteiger partial charge on any atom is -0.381 e. The molecule has 118 valence electrons. The molecule has 2 aromatic heterocycles. The molecular weight excluding hydrogens is 280 g/mol. The minimum atomic E-state index is 0.308. The lowest BCUT2D eigenvalue weighted by atomic mass is 10.0. The highest BCUT2D eigenvalue weighted by molar-refractivity contribution is 5.42. The van der Waals surface area contributed by atoms with E-state index >= 15 is 0 Å². The van der Waals surface area contributed by atoms with Gasteiger partial charge in [-0.05, 0) is 32.3 Å². The van der Waals surface area contributed by atoms with Crippen LogP contribution in [0.1, 0.15) is 35.0 Å². The second-order valence-electron chi connectivity index (χ2n) is 5.69. The van der Waals surface area contributed by atoms with Crippen molar-refractivity contribution in [3.63, 3.8) is 0 Å². The van der Waals surface area contributed by atoms with Gasteiger partial charge in [-0.1, -0.05) is 0 Å². The van der Waals surface area contributed by atoms with E-state index in [4.69, 9.17) is 10.5 Å². The fourth-order valence-electron chi connectivity index (χ4n) is 2.81. The van der Waals surface area contributed by atoms with Crippen LogP contribution in [0, 0.1) is 13.8 Å². The van der Waals surface area contributed by atoms with Gasteiger partial charge in [0, 0.05) is 30.8 Å². The van der Waals surface area contributed by atoms with E-state index in [1.165, 1.54) is 5.56 Å². The monoisotopic (exact) mass is 302 g/mol. The van der Waals surface area contributed by atoms with Crippen molar-refractivity contribution < 1.29 is 4.74 Å². The molecule has 7 nitrogen and oxygen atoms in total. The van der Waals surface area contributed by atoms with E-state index in [1.54, 1.807) is 0 Å². The molecule has 1 saturated heterocycles. The molecule has 4 N–H and O–H groups in total. The number of aryl methyl sites for hydroxylation is 2. The van der Waals surface area contributed by atoms with Crippen molar-refractivity contribution in [3.8, 4) is 0 Å². The summed E-state index contributed by atoms with van der Waals surface area (Å²) in [5, 5.41) is 10.5. The normalized spacial score (nSPS) is 17.8. The zero-order chi connectivity index (χ0) is 15.5. The van der Waals surface area contributed by atoms with Crippen LogP contribution in [0.15, 0.2) is 6.07 Å². The number of nitrogen functional groups attached to an aromatic ring is 1. The maximum absolute atomic E-state index is 5.82. The standard InChI is InChI=1S/C15H22N6O/c1-9-12(10(2)21-20-9)3-5-17-14-7-13(18-15(16)19-14)11-4-6-22-8-11/h7,11H,3-6,8H2,1-2H3,(H,20,21)(H3,16,17,18,19). The number of aromatic amines is 1. The predicted molar refractivity (Wildman–Crippen MR) is 84.9 cm³/mol. The summed E-state index contributed by atoms with van der Waals surface area (Å²) >= 11 is 0. The minimum absolute atomic E-state index is 0.308. The second-order valence-corrected chi connectivity index (χ2v) is 5.69. The van der Waals surface area contributed by atoms with Gasteiger partial charge in [0.15, 0.2) is 0 Å². The quantitative estimate of drug-likeness (QED) is 0.774. The van der Waals surface area contributed by atoms with E-state index in [0.717, 1.165) is 48.9 Å². The zero-order valence-electron chi connectivity index (χ0n) is 13.0. The fraction of sp³-hybridized carbons (Fsp3) is 0.533. The highest BCUT2D eigenvalue weighted by atomic mass is 16.5. The molecule has 0 radical (unpaired) electrons. The summed E-state index contributed by atoms with van der Waals surface area (Å²) in [6, 6.07) is 1.98. The van der Waals surface area contributed by atoms with Crippen LogP contribution in [0.3, 0.4) is 0 Å². The van der Waals surface area contributed by atoms with Crippen molar-refractivity contribution in [2.24, 2.45) is 0 Å². The van der Waals surface area contributed by atoms with Crippen molar-refractivity contribution >= 4 is 11.8 Å². The predicted octanol–water partition coefficient (Wildman–Crippen LogP) is 1.56. The summed E-state index contributed by atoms with van der Waals surface area (Å²) in [5.41, 5.74) is 10.2. The lowest BCUT2D eigenvalue weighted by Crippen LogP contribution is -2.11. The third-order valence-electron chi connectivity index (χ3n) is 4.07. The van der Waals surface area contributed by atoms with Crippen LogP contribution in [0.25, 0.3) is 0 Å². The van der Waals surface area contributed by atoms with Gasteiger partial charge in [-0.2, -0.15) is 10.1 Å². The van der Waals surface area contributed by atoms with Gasteiger partial charge in [0.2, 0.25) is 5.95 Å². The van der Waals surface area contributed by atoms with E-state index in [9.17, 15) is 0 Å². The third kappa shape index (κ3) is 3.19. The van der Waals surface area contributed by atoms with Gasteiger partial charge in [-0.3, -0.25) is 5.10 Å². The van der Waals surface area contributed by atoms with Gasteiger partial charge < -0.3 is 15.8 Å². The summed E-state index contributed by atoms with van der Waals surface area (Å²) in [6.45, 7) is 6.33. The van der Waals surface area contributed by atoms with Gasteiger partial charge in [0.25, 0.3) is 0 Å². The van der Waals surface area contributed by atoms with Crippen molar-refractivity contribution in [2.75, 3.05) is 30.8 Å². The summed E-state index contributed by atoms with van der Waals surface area (Å²) in [4.78, 5) is 8.59. The number of hydrogen-bond acceptors (Lipinski definition) is 6. The summed E-state index contributed by atoms with van der Waals surface area (Å²) in [6.07, 6.45) is 1.88. The molecule has 7 heteroatoms. The number of hydrogen-bond donors (Lipinski definition) is 3. The summed E-state index contributed by atoms with van der Waals surface area (Å²) < 4.78 is 5.42. The number of ether oxygens (including phenoxy) is 1. The average molecular weight is 302 g/mol. The molecule has 1 atom stereocenters. The lowest BCUT2D eigenvalue weighted by Gasteiger charge is -2.11. The number of anilines is 2. The maximum atomic E-state index is 5.82. The van der Waals surface area contributed by atoms with Crippen LogP contribution < -0.4 is 11.1 Å². The van der Waals surface area contributed by atoms with Gasteiger partial charge in [0.05, 0.1) is 18.0 Å². The summed E-state index contributed by atoms with van der Waals surface area (Å²) in [5.74, 6) is 1.40. The zero-order valence-corrected chi connectivity index (χ0v) is 13.0. The molecule has 1 aliphatic rings. The number of nitrogens with zero attached hydrogens (tertiary/aromatic N) is 3. The SMILES string of the molecule is Cc1n[nH]c(C)c1CCNc1cc(C2CCOC2)nc(N)n1.